The van der Waals surface area contributed by atoms with E-state index in [9.17, 15) is 4.79 Å². The second kappa shape index (κ2) is 7.44. The first-order valence-electron chi connectivity index (χ1n) is 7.82. The van der Waals surface area contributed by atoms with Crippen LogP contribution in [0.4, 0.5) is 0 Å². The van der Waals surface area contributed by atoms with Gasteiger partial charge in [0.15, 0.2) is 0 Å². The summed E-state index contributed by atoms with van der Waals surface area (Å²) in [5.41, 5.74) is 6.92. The first kappa shape index (κ1) is 15.0. The lowest BCUT2D eigenvalue weighted by molar-refractivity contribution is -0.126. The molecule has 0 unspecified atom stereocenters. The molecule has 1 saturated carbocycles. The summed E-state index contributed by atoms with van der Waals surface area (Å²) in [5.74, 6) is 0.0538. The molecule has 1 fully saturated rings. The SMILES string of the molecule is NC1(C(=O)NCCCCCc2ccccc2)CCCC1. The lowest BCUT2D eigenvalue weighted by Gasteiger charge is -2.22. The molecule has 0 aliphatic heterocycles. The highest BCUT2D eigenvalue weighted by Crippen LogP contribution is 2.27. The smallest absolute Gasteiger partial charge is 0.240 e. The maximum Gasteiger partial charge on any atom is 0.240 e. The van der Waals surface area contributed by atoms with Crippen LogP contribution in [0.2, 0.25) is 0 Å². The zero-order chi connectivity index (χ0) is 14.3. The standard InChI is InChI=1S/C17H26N2O/c18-17(12-6-7-13-17)16(20)19-14-8-2-5-11-15-9-3-1-4-10-15/h1,3-4,9-10H,2,5-8,11-14,18H2,(H,19,20). The number of benzene rings is 1. The van der Waals surface area contributed by atoms with Gasteiger partial charge in [0.05, 0.1) is 5.54 Å². The van der Waals surface area contributed by atoms with Crippen LogP contribution in [0.15, 0.2) is 30.3 Å². The van der Waals surface area contributed by atoms with Crippen molar-refractivity contribution in [2.75, 3.05) is 6.54 Å². The average molecular weight is 274 g/mol. The van der Waals surface area contributed by atoms with Crippen LogP contribution in [0.3, 0.4) is 0 Å². The molecule has 1 amide bonds. The molecule has 110 valence electrons. The number of unbranched alkanes of at least 4 members (excludes halogenated alkanes) is 2. The van der Waals surface area contributed by atoms with Crippen molar-refractivity contribution < 1.29 is 4.79 Å². The predicted molar refractivity (Wildman–Crippen MR) is 82.4 cm³/mol. The lowest BCUT2D eigenvalue weighted by Crippen LogP contribution is -2.52. The molecule has 1 aliphatic rings. The van der Waals surface area contributed by atoms with E-state index in [1.807, 2.05) is 6.07 Å². The van der Waals surface area contributed by atoms with Crippen molar-refractivity contribution >= 4 is 5.91 Å². The van der Waals surface area contributed by atoms with Gasteiger partial charge < -0.3 is 11.1 Å². The highest BCUT2D eigenvalue weighted by atomic mass is 16.2. The number of rotatable bonds is 7. The summed E-state index contributed by atoms with van der Waals surface area (Å²) in [6.45, 7) is 0.757. The Morgan fingerprint density at radius 2 is 1.80 bits per heavy atom. The number of carbonyl (C=O) groups is 1. The van der Waals surface area contributed by atoms with Gasteiger partial charge in [-0.3, -0.25) is 4.79 Å². The number of nitrogens with one attached hydrogen (secondary N) is 1. The Morgan fingerprint density at radius 3 is 2.50 bits per heavy atom. The predicted octanol–water partition coefficient (Wildman–Crippen LogP) is 2.79. The van der Waals surface area contributed by atoms with Crippen LogP contribution in [-0.4, -0.2) is 18.0 Å². The summed E-state index contributed by atoms with van der Waals surface area (Å²) in [6.07, 6.45) is 8.33. The van der Waals surface area contributed by atoms with Gasteiger partial charge in [0.2, 0.25) is 5.91 Å². The first-order chi connectivity index (χ1) is 9.71. The van der Waals surface area contributed by atoms with Crippen molar-refractivity contribution in [3.8, 4) is 0 Å². The van der Waals surface area contributed by atoms with Crippen molar-refractivity contribution in [3.63, 3.8) is 0 Å². The largest absolute Gasteiger partial charge is 0.355 e. The fourth-order valence-electron chi connectivity index (χ4n) is 2.89. The molecule has 3 heteroatoms. The lowest BCUT2D eigenvalue weighted by atomic mass is 9.98. The van der Waals surface area contributed by atoms with E-state index in [4.69, 9.17) is 5.73 Å². The van der Waals surface area contributed by atoms with E-state index in [-0.39, 0.29) is 5.91 Å². The van der Waals surface area contributed by atoms with Gasteiger partial charge in [-0.25, -0.2) is 0 Å². The Labute approximate surface area is 121 Å². The number of hydrogen-bond donors (Lipinski definition) is 2. The third-order valence-electron chi connectivity index (χ3n) is 4.22. The van der Waals surface area contributed by atoms with Gasteiger partial charge in [0.1, 0.15) is 0 Å². The molecule has 0 saturated heterocycles. The van der Waals surface area contributed by atoms with Crippen molar-refractivity contribution in [3.05, 3.63) is 35.9 Å². The van der Waals surface area contributed by atoms with Gasteiger partial charge in [-0.1, -0.05) is 49.6 Å². The summed E-state index contributed by atoms with van der Waals surface area (Å²) in [5, 5.41) is 3.00. The highest BCUT2D eigenvalue weighted by Gasteiger charge is 2.36. The van der Waals surface area contributed by atoms with E-state index in [1.165, 1.54) is 12.0 Å². The molecule has 0 heterocycles. The van der Waals surface area contributed by atoms with E-state index in [0.717, 1.165) is 51.5 Å². The number of carbonyl (C=O) groups excluding carboxylic acids is 1. The molecule has 20 heavy (non-hydrogen) atoms. The minimum atomic E-state index is -0.579. The van der Waals surface area contributed by atoms with E-state index in [2.05, 4.69) is 29.6 Å². The van der Waals surface area contributed by atoms with Gasteiger partial charge in [-0.05, 0) is 37.7 Å². The van der Waals surface area contributed by atoms with Crippen LogP contribution in [0, 0.1) is 0 Å². The molecule has 0 atom stereocenters. The molecule has 3 N–H and O–H groups in total. The quantitative estimate of drug-likeness (QED) is 0.751. The topological polar surface area (TPSA) is 55.1 Å². The fraction of sp³-hybridized carbons (Fsp3) is 0.588. The van der Waals surface area contributed by atoms with Crippen molar-refractivity contribution in [2.45, 2.75) is 56.9 Å². The normalized spacial score (nSPS) is 17.1. The minimum absolute atomic E-state index is 0.0538. The Balaban J connectivity index is 1.54. The Kier molecular flexibility index (Phi) is 5.60. The molecule has 0 bridgehead atoms. The number of nitrogens with two attached hydrogens (primary N) is 1. The van der Waals surface area contributed by atoms with E-state index in [1.54, 1.807) is 0 Å². The second-order valence-electron chi connectivity index (χ2n) is 5.92. The summed E-state index contributed by atoms with van der Waals surface area (Å²) in [6, 6.07) is 10.5. The van der Waals surface area contributed by atoms with Gasteiger partial charge in [0, 0.05) is 6.54 Å². The van der Waals surface area contributed by atoms with Crippen LogP contribution in [0.25, 0.3) is 0 Å². The van der Waals surface area contributed by atoms with E-state index >= 15 is 0 Å². The third kappa shape index (κ3) is 4.34. The van der Waals surface area contributed by atoms with Gasteiger partial charge in [-0.15, -0.1) is 0 Å². The summed E-state index contributed by atoms with van der Waals surface area (Å²) >= 11 is 0. The fourth-order valence-corrected chi connectivity index (χ4v) is 2.89. The van der Waals surface area contributed by atoms with Crippen LogP contribution < -0.4 is 11.1 Å². The monoisotopic (exact) mass is 274 g/mol. The molecular weight excluding hydrogens is 248 g/mol. The Bertz CT molecular complexity index is 410. The Hall–Kier alpha value is -1.35. The Morgan fingerprint density at radius 1 is 1.10 bits per heavy atom. The molecule has 1 aromatic carbocycles. The zero-order valence-electron chi connectivity index (χ0n) is 12.2. The van der Waals surface area contributed by atoms with Crippen molar-refractivity contribution in [1.29, 1.82) is 0 Å². The van der Waals surface area contributed by atoms with Crippen molar-refractivity contribution in [1.82, 2.24) is 5.32 Å². The molecular formula is C17H26N2O. The van der Waals surface area contributed by atoms with Crippen LogP contribution in [0.1, 0.15) is 50.5 Å². The van der Waals surface area contributed by atoms with E-state index < -0.39 is 5.54 Å². The maximum absolute atomic E-state index is 12.0. The summed E-state index contributed by atoms with van der Waals surface area (Å²) in [7, 11) is 0. The highest BCUT2D eigenvalue weighted by molar-refractivity contribution is 5.86. The second-order valence-corrected chi connectivity index (χ2v) is 5.92. The summed E-state index contributed by atoms with van der Waals surface area (Å²) in [4.78, 5) is 12.0. The van der Waals surface area contributed by atoms with Gasteiger partial charge in [0.25, 0.3) is 0 Å². The average Bonchev–Trinajstić information content (AvgIpc) is 2.92. The first-order valence-corrected chi connectivity index (χ1v) is 7.82. The molecule has 1 aromatic rings. The maximum atomic E-state index is 12.0. The zero-order valence-corrected chi connectivity index (χ0v) is 12.2. The molecule has 0 aromatic heterocycles. The van der Waals surface area contributed by atoms with Crippen molar-refractivity contribution in [2.24, 2.45) is 5.73 Å². The molecule has 2 rings (SSSR count). The van der Waals surface area contributed by atoms with Gasteiger partial charge in [-0.2, -0.15) is 0 Å². The molecule has 0 spiro atoms. The number of amides is 1. The molecule has 3 nitrogen and oxygen atoms in total. The molecule has 0 radical (unpaired) electrons. The number of hydrogen-bond acceptors (Lipinski definition) is 2. The number of aryl methyl sites for hydroxylation is 1. The van der Waals surface area contributed by atoms with Crippen LogP contribution in [0.5, 0.6) is 0 Å². The summed E-state index contributed by atoms with van der Waals surface area (Å²) < 4.78 is 0. The third-order valence-corrected chi connectivity index (χ3v) is 4.22. The van der Waals surface area contributed by atoms with Crippen LogP contribution in [-0.2, 0) is 11.2 Å². The molecule has 1 aliphatic carbocycles. The van der Waals surface area contributed by atoms with Gasteiger partial charge >= 0.3 is 0 Å². The minimum Gasteiger partial charge on any atom is -0.355 e. The van der Waals surface area contributed by atoms with E-state index in [0.29, 0.717) is 0 Å². The van der Waals surface area contributed by atoms with Crippen LogP contribution >= 0.6 is 0 Å².